The second kappa shape index (κ2) is 4.73. The molecule has 2 rings (SSSR count). The van der Waals surface area contributed by atoms with Crippen LogP contribution in [0.2, 0.25) is 0 Å². The fourth-order valence-electron chi connectivity index (χ4n) is 1.67. The first-order valence-corrected chi connectivity index (χ1v) is 6.01. The van der Waals surface area contributed by atoms with Crippen LogP contribution in [0.4, 0.5) is 0 Å². The van der Waals surface area contributed by atoms with E-state index in [1.165, 1.54) is 0 Å². The number of aromatic nitrogens is 1. The van der Waals surface area contributed by atoms with Gasteiger partial charge in [-0.1, -0.05) is 13.8 Å². The Kier molecular flexibility index (Phi) is 3.31. The number of carbonyl (C=O) groups is 1. The maximum atomic E-state index is 11.8. The van der Waals surface area contributed by atoms with Crippen molar-refractivity contribution in [2.75, 3.05) is 7.05 Å². The molecule has 1 aromatic heterocycles. The number of hydrogen-bond acceptors (Lipinski definition) is 3. The quantitative estimate of drug-likeness (QED) is 0.868. The molecule has 1 N–H and O–H groups in total. The minimum atomic E-state index is -0.120. The number of hydrogen-bond donors (Lipinski definition) is 1. The Balaban J connectivity index is 2.41. The summed E-state index contributed by atoms with van der Waals surface area (Å²) in [6, 6.07) is 1.71. The van der Waals surface area contributed by atoms with E-state index in [4.69, 9.17) is 4.74 Å². The van der Waals surface area contributed by atoms with Gasteiger partial charge in [-0.15, -0.1) is 0 Å². The number of nitrogens with one attached hydrogen (secondary N) is 1. The summed E-state index contributed by atoms with van der Waals surface area (Å²) in [7, 11) is 1.62. The summed E-state index contributed by atoms with van der Waals surface area (Å²) in [6.45, 7) is 4.10. The zero-order chi connectivity index (χ0) is 12.4. The van der Waals surface area contributed by atoms with Crippen LogP contribution < -0.4 is 10.1 Å². The first-order valence-electron chi connectivity index (χ1n) is 6.01. The topological polar surface area (TPSA) is 51.2 Å². The Labute approximate surface area is 101 Å². The lowest BCUT2D eigenvalue weighted by Gasteiger charge is -2.15. The van der Waals surface area contributed by atoms with Gasteiger partial charge in [0.2, 0.25) is 0 Å². The van der Waals surface area contributed by atoms with Crippen molar-refractivity contribution in [1.82, 2.24) is 10.3 Å². The molecule has 1 aliphatic carbocycles. The van der Waals surface area contributed by atoms with Crippen LogP contribution in [-0.4, -0.2) is 24.0 Å². The molecule has 0 unspecified atom stereocenters. The average molecular weight is 234 g/mol. The van der Waals surface area contributed by atoms with Gasteiger partial charge in [-0.3, -0.25) is 9.78 Å². The Bertz CT molecular complexity index is 425. The van der Waals surface area contributed by atoms with Gasteiger partial charge in [-0.25, -0.2) is 0 Å². The number of carbonyl (C=O) groups excluding carboxylic acids is 1. The minimum absolute atomic E-state index is 0.120. The minimum Gasteiger partial charge on any atom is -0.488 e. The highest BCUT2D eigenvalue weighted by molar-refractivity contribution is 5.97. The van der Waals surface area contributed by atoms with Gasteiger partial charge >= 0.3 is 0 Å². The zero-order valence-electron chi connectivity index (χ0n) is 10.5. The summed E-state index contributed by atoms with van der Waals surface area (Å²) in [5, 5.41) is 2.63. The fraction of sp³-hybridized carbons (Fsp3) is 0.538. The van der Waals surface area contributed by atoms with E-state index in [2.05, 4.69) is 24.1 Å². The van der Waals surface area contributed by atoms with E-state index in [0.29, 0.717) is 11.3 Å². The summed E-state index contributed by atoms with van der Waals surface area (Å²) in [5.74, 6) is 0.780. The fourth-order valence-corrected chi connectivity index (χ4v) is 1.67. The average Bonchev–Trinajstić information content (AvgIpc) is 3.12. The normalized spacial score (nSPS) is 14.8. The van der Waals surface area contributed by atoms with Gasteiger partial charge in [0.05, 0.1) is 17.4 Å². The van der Waals surface area contributed by atoms with Crippen LogP contribution in [0.15, 0.2) is 12.3 Å². The molecule has 1 fully saturated rings. The van der Waals surface area contributed by atoms with E-state index in [9.17, 15) is 4.79 Å². The van der Waals surface area contributed by atoms with Crippen molar-refractivity contribution < 1.29 is 9.53 Å². The third-order valence-electron chi connectivity index (χ3n) is 2.76. The summed E-state index contributed by atoms with van der Waals surface area (Å²) in [4.78, 5) is 16.1. The molecule has 0 spiro atoms. The van der Waals surface area contributed by atoms with Crippen LogP contribution >= 0.6 is 0 Å². The Morgan fingerprint density at radius 3 is 2.76 bits per heavy atom. The van der Waals surface area contributed by atoms with E-state index in [1.54, 1.807) is 19.3 Å². The van der Waals surface area contributed by atoms with E-state index < -0.39 is 0 Å². The molecule has 0 saturated heterocycles. The van der Waals surface area contributed by atoms with Gasteiger partial charge in [0.1, 0.15) is 0 Å². The number of nitrogens with zero attached hydrogens (tertiary/aromatic N) is 1. The highest BCUT2D eigenvalue weighted by Crippen LogP contribution is 2.34. The molecular weight excluding hydrogens is 216 g/mol. The molecule has 1 aliphatic rings. The molecule has 92 valence electrons. The molecule has 0 radical (unpaired) electrons. The molecule has 4 heteroatoms. The SMILES string of the molecule is CNC(=O)c1ccnc(C(C)C)c1OC1CC1. The lowest BCUT2D eigenvalue weighted by Crippen LogP contribution is -2.20. The van der Waals surface area contributed by atoms with Gasteiger partial charge in [-0.05, 0) is 24.8 Å². The second-order valence-corrected chi connectivity index (χ2v) is 4.62. The number of amides is 1. The van der Waals surface area contributed by atoms with E-state index in [1.807, 2.05) is 0 Å². The molecule has 1 heterocycles. The molecule has 1 saturated carbocycles. The van der Waals surface area contributed by atoms with Gasteiger partial charge < -0.3 is 10.1 Å². The van der Waals surface area contributed by atoms with Crippen molar-refractivity contribution in [3.8, 4) is 5.75 Å². The second-order valence-electron chi connectivity index (χ2n) is 4.62. The summed E-state index contributed by atoms with van der Waals surface area (Å²) in [6.07, 6.45) is 4.07. The molecule has 17 heavy (non-hydrogen) atoms. The summed E-state index contributed by atoms with van der Waals surface area (Å²) < 4.78 is 5.85. The number of rotatable bonds is 4. The molecule has 0 aromatic carbocycles. The van der Waals surface area contributed by atoms with Crippen molar-refractivity contribution in [2.45, 2.75) is 38.7 Å². The van der Waals surface area contributed by atoms with E-state index in [0.717, 1.165) is 18.5 Å². The zero-order valence-corrected chi connectivity index (χ0v) is 10.5. The Hall–Kier alpha value is -1.58. The first-order chi connectivity index (χ1) is 8.13. The van der Waals surface area contributed by atoms with Gasteiger partial charge in [0, 0.05) is 13.2 Å². The Morgan fingerprint density at radius 2 is 2.24 bits per heavy atom. The Morgan fingerprint density at radius 1 is 1.53 bits per heavy atom. The standard InChI is InChI=1S/C13H18N2O2/c1-8(2)11-12(17-9-4-5-9)10(6-7-15-11)13(16)14-3/h6-9H,4-5H2,1-3H3,(H,14,16). The van der Waals surface area contributed by atoms with E-state index >= 15 is 0 Å². The smallest absolute Gasteiger partial charge is 0.254 e. The summed E-state index contributed by atoms with van der Waals surface area (Å²) >= 11 is 0. The molecular formula is C13H18N2O2. The van der Waals surface area contributed by atoms with Gasteiger partial charge in [0.25, 0.3) is 5.91 Å². The van der Waals surface area contributed by atoms with Crippen LogP contribution in [0.1, 0.15) is 48.7 Å². The van der Waals surface area contributed by atoms with Crippen molar-refractivity contribution in [3.63, 3.8) is 0 Å². The monoisotopic (exact) mass is 234 g/mol. The lowest BCUT2D eigenvalue weighted by molar-refractivity contribution is 0.0958. The molecule has 0 bridgehead atoms. The molecule has 1 aromatic rings. The van der Waals surface area contributed by atoms with Crippen LogP contribution in [0.5, 0.6) is 5.75 Å². The first kappa shape index (κ1) is 11.9. The maximum Gasteiger partial charge on any atom is 0.254 e. The molecule has 1 amide bonds. The predicted octanol–water partition coefficient (Wildman–Crippen LogP) is 2.11. The molecule has 0 aliphatic heterocycles. The summed E-state index contributed by atoms with van der Waals surface area (Å²) in [5.41, 5.74) is 1.44. The van der Waals surface area contributed by atoms with Crippen LogP contribution in [-0.2, 0) is 0 Å². The number of pyridine rings is 1. The van der Waals surface area contributed by atoms with Crippen molar-refractivity contribution in [3.05, 3.63) is 23.5 Å². The van der Waals surface area contributed by atoms with Gasteiger partial charge in [0.15, 0.2) is 5.75 Å². The largest absolute Gasteiger partial charge is 0.488 e. The molecule has 0 atom stereocenters. The predicted molar refractivity (Wildman–Crippen MR) is 65.4 cm³/mol. The van der Waals surface area contributed by atoms with E-state index in [-0.39, 0.29) is 17.9 Å². The lowest BCUT2D eigenvalue weighted by atomic mass is 10.1. The third kappa shape index (κ3) is 2.57. The van der Waals surface area contributed by atoms with Gasteiger partial charge in [-0.2, -0.15) is 0 Å². The third-order valence-corrected chi connectivity index (χ3v) is 2.76. The highest BCUT2D eigenvalue weighted by Gasteiger charge is 2.28. The van der Waals surface area contributed by atoms with Crippen LogP contribution in [0, 0.1) is 0 Å². The van der Waals surface area contributed by atoms with Crippen LogP contribution in [0.25, 0.3) is 0 Å². The van der Waals surface area contributed by atoms with Crippen molar-refractivity contribution >= 4 is 5.91 Å². The van der Waals surface area contributed by atoms with Crippen molar-refractivity contribution in [2.24, 2.45) is 0 Å². The maximum absolute atomic E-state index is 11.8. The molecule has 4 nitrogen and oxygen atoms in total. The van der Waals surface area contributed by atoms with Crippen LogP contribution in [0.3, 0.4) is 0 Å². The van der Waals surface area contributed by atoms with Crippen molar-refractivity contribution in [1.29, 1.82) is 0 Å². The highest BCUT2D eigenvalue weighted by atomic mass is 16.5. The number of ether oxygens (including phenoxy) is 1.